The average Bonchev–Trinajstić information content (AvgIpc) is 3.47. The number of hydrogen-bond donors (Lipinski definition) is 2. The zero-order chi connectivity index (χ0) is 26.1. The molecule has 12 nitrogen and oxygen atoms in total. The lowest BCUT2D eigenvalue weighted by Gasteiger charge is -2.21. The van der Waals surface area contributed by atoms with Crippen LogP contribution < -0.4 is 20.1 Å². The van der Waals surface area contributed by atoms with Crippen LogP contribution in [0.2, 0.25) is 0 Å². The molecule has 1 aromatic carbocycles. The molecule has 2 N–H and O–H groups in total. The fraction of sp³-hybridized carbons (Fsp3) is 0.261. The van der Waals surface area contributed by atoms with E-state index in [4.69, 9.17) is 14.2 Å². The molecule has 0 unspecified atom stereocenters. The predicted octanol–water partition coefficient (Wildman–Crippen LogP) is 3.64. The standard InChI is InChI=1S/C23H21F2N7O5/c1-12(2)36-23(34)32-11-16(29-21(33)14-10-28-31-6-3-4-27-20(14)31)19(30-32)13-8-18-15(26-5-7-35-18)9-17(13)37-22(24)25/h3-4,6,8-12,22,26H,5,7H2,1-2H3,(H,29,33). The van der Waals surface area contributed by atoms with Crippen LogP contribution in [0.25, 0.3) is 16.9 Å². The Kier molecular flexibility index (Phi) is 6.29. The number of fused-ring (bicyclic) bond motifs is 2. The zero-order valence-corrected chi connectivity index (χ0v) is 19.6. The molecular weight excluding hydrogens is 492 g/mol. The quantitative estimate of drug-likeness (QED) is 0.396. The van der Waals surface area contributed by atoms with Gasteiger partial charge in [0.05, 0.1) is 35.4 Å². The third kappa shape index (κ3) is 4.85. The summed E-state index contributed by atoms with van der Waals surface area (Å²) in [7, 11) is 0. The Hall–Kier alpha value is -4.75. The fourth-order valence-electron chi connectivity index (χ4n) is 3.73. The van der Waals surface area contributed by atoms with Crippen LogP contribution in [0.1, 0.15) is 24.2 Å². The van der Waals surface area contributed by atoms with Crippen molar-refractivity contribution in [3.05, 3.63) is 48.5 Å². The first kappa shape index (κ1) is 24.0. The number of ether oxygens (including phenoxy) is 3. The highest BCUT2D eigenvalue weighted by Gasteiger charge is 2.26. The van der Waals surface area contributed by atoms with Crippen molar-refractivity contribution in [3.8, 4) is 22.8 Å². The van der Waals surface area contributed by atoms with Crippen molar-refractivity contribution in [3.63, 3.8) is 0 Å². The predicted molar refractivity (Wildman–Crippen MR) is 126 cm³/mol. The van der Waals surface area contributed by atoms with Gasteiger partial charge in [-0.05, 0) is 26.0 Å². The van der Waals surface area contributed by atoms with Crippen LogP contribution >= 0.6 is 0 Å². The molecule has 0 saturated carbocycles. The minimum atomic E-state index is -3.14. The van der Waals surface area contributed by atoms with Gasteiger partial charge in [0, 0.05) is 25.0 Å². The Balaban J connectivity index is 1.60. The maximum absolute atomic E-state index is 13.3. The highest BCUT2D eigenvalue weighted by molar-refractivity contribution is 6.09. The summed E-state index contributed by atoms with van der Waals surface area (Å²) in [5.41, 5.74) is 0.962. The van der Waals surface area contributed by atoms with Gasteiger partial charge in [0.15, 0.2) is 5.65 Å². The Morgan fingerprint density at radius 1 is 1.27 bits per heavy atom. The van der Waals surface area contributed by atoms with Gasteiger partial charge in [0.2, 0.25) is 0 Å². The number of carbonyl (C=O) groups is 2. The number of nitrogens with one attached hydrogen (secondary N) is 2. The second-order valence-corrected chi connectivity index (χ2v) is 8.17. The maximum Gasteiger partial charge on any atom is 0.435 e. The van der Waals surface area contributed by atoms with Crippen molar-refractivity contribution in [2.75, 3.05) is 23.8 Å². The van der Waals surface area contributed by atoms with Crippen LogP contribution in [0, 0.1) is 0 Å². The summed E-state index contributed by atoms with van der Waals surface area (Å²) >= 11 is 0. The molecule has 4 aromatic rings. The van der Waals surface area contributed by atoms with Crippen molar-refractivity contribution in [2.24, 2.45) is 0 Å². The SMILES string of the molecule is CC(C)OC(=O)n1cc(NC(=O)c2cnn3cccnc23)c(-c2cc3c(cc2OC(F)F)NCCO3)n1. The number of rotatable bonds is 6. The monoisotopic (exact) mass is 513 g/mol. The molecule has 0 saturated heterocycles. The Morgan fingerprint density at radius 2 is 2.11 bits per heavy atom. The number of nitrogens with zero attached hydrogens (tertiary/aromatic N) is 5. The number of aromatic nitrogens is 5. The van der Waals surface area contributed by atoms with E-state index in [1.165, 1.54) is 35.2 Å². The molecule has 0 bridgehead atoms. The number of amides is 1. The van der Waals surface area contributed by atoms with Gasteiger partial charge in [-0.2, -0.15) is 23.7 Å². The van der Waals surface area contributed by atoms with Gasteiger partial charge in [-0.25, -0.2) is 14.3 Å². The molecule has 14 heteroatoms. The third-order valence-electron chi connectivity index (χ3n) is 5.24. The highest BCUT2D eigenvalue weighted by atomic mass is 19.3. The van der Waals surface area contributed by atoms with Crippen LogP contribution in [-0.2, 0) is 4.74 Å². The summed E-state index contributed by atoms with van der Waals surface area (Å²) in [6.07, 6.45) is 4.40. The number of anilines is 2. The van der Waals surface area contributed by atoms with Gasteiger partial charge in [-0.15, -0.1) is 0 Å². The smallest absolute Gasteiger partial charge is 0.435 e. The van der Waals surface area contributed by atoms with E-state index in [-0.39, 0.29) is 28.3 Å². The Morgan fingerprint density at radius 3 is 2.89 bits per heavy atom. The first-order valence-electron chi connectivity index (χ1n) is 11.2. The summed E-state index contributed by atoms with van der Waals surface area (Å²) in [6.45, 7) is 1.00. The second kappa shape index (κ2) is 9.72. The summed E-state index contributed by atoms with van der Waals surface area (Å²) in [5, 5.41) is 14.0. The first-order chi connectivity index (χ1) is 17.8. The van der Waals surface area contributed by atoms with Crippen molar-refractivity contribution in [1.82, 2.24) is 24.4 Å². The van der Waals surface area contributed by atoms with Gasteiger partial charge in [0.25, 0.3) is 5.91 Å². The summed E-state index contributed by atoms with van der Waals surface area (Å²) in [4.78, 5) is 29.9. The number of alkyl halides is 2. The van der Waals surface area contributed by atoms with E-state index in [0.717, 1.165) is 4.68 Å². The van der Waals surface area contributed by atoms with Gasteiger partial charge in [-0.3, -0.25) is 4.79 Å². The second-order valence-electron chi connectivity index (χ2n) is 8.17. The van der Waals surface area contributed by atoms with Crippen LogP contribution in [0.15, 0.2) is 43.0 Å². The van der Waals surface area contributed by atoms with Crippen LogP contribution in [0.4, 0.5) is 25.0 Å². The van der Waals surface area contributed by atoms with E-state index in [2.05, 4.69) is 25.8 Å². The van der Waals surface area contributed by atoms with Crippen LogP contribution in [-0.4, -0.2) is 62.2 Å². The van der Waals surface area contributed by atoms with Crippen molar-refractivity contribution >= 4 is 29.0 Å². The number of carbonyl (C=O) groups excluding carboxylic acids is 2. The summed E-state index contributed by atoms with van der Waals surface area (Å²) < 4.78 is 44.5. The molecule has 0 aliphatic carbocycles. The highest BCUT2D eigenvalue weighted by Crippen LogP contribution is 2.42. The molecule has 0 fully saturated rings. The third-order valence-corrected chi connectivity index (χ3v) is 5.24. The molecule has 4 heterocycles. The van der Waals surface area contributed by atoms with E-state index in [9.17, 15) is 18.4 Å². The number of benzene rings is 1. The Labute approximate surface area is 208 Å². The van der Waals surface area contributed by atoms with Gasteiger partial charge in [-0.1, -0.05) is 0 Å². The number of hydrogen-bond acceptors (Lipinski definition) is 9. The van der Waals surface area contributed by atoms with Crippen LogP contribution in [0.5, 0.6) is 11.5 Å². The summed E-state index contributed by atoms with van der Waals surface area (Å²) in [6, 6.07) is 4.45. The molecule has 0 radical (unpaired) electrons. The average molecular weight is 513 g/mol. The van der Waals surface area contributed by atoms with Crippen LogP contribution in [0.3, 0.4) is 0 Å². The molecular formula is C23H21F2N7O5. The molecule has 37 heavy (non-hydrogen) atoms. The Bertz CT molecular complexity index is 1480. The van der Waals surface area contributed by atoms with E-state index in [0.29, 0.717) is 30.2 Å². The lowest BCUT2D eigenvalue weighted by atomic mass is 10.1. The van der Waals surface area contributed by atoms with E-state index < -0.39 is 24.7 Å². The molecule has 1 aliphatic heterocycles. The van der Waals surface area contributed by atoms with Crippen molar-refractivity contribution in [1.29, 1.82) is 0 Å². The van der Waals surface area contributed by atoms with E-state index in [1.54, 1.807) is 26.1 Å². The normalized spacial score (nSPS) is 12.7. The summed E-state index contributed by atoms with van der Waals surface area (Å²) in [5.74, 6) is -0.479. The largest absolute Gasteiger partial charge is 0.490 e. The van der Waals surface area contributed by atoms with Gasteiger partial charge < -0.3 is 24.8 Å². The minimum absolute atomic E-state index is 0.0221. The van der Waals surface area contributed by atoms with Gasteiger partial charge in [0.1, 0.15) is 29.4 Å². The van der Waals surface area contributed by atoms with Gasteiger partial charge >= 0.3 is 12.7 Å². The fourth-order valence-corrected chi connectivity index (χ4v) is 3.73. The van der Waals surface area contributed by atoms with E-state index >= 15 is 0 Å². The molecule has 0 atom stereocenters. The van der Waals surface area contributed by atoms with Crippen molar-refractivity contribution < 1.29 is 32.6 Å². The molecule has 3 aromatic heterocycles. The topological polar surface area (TPSA) is 134 Å². The van der Waals surface area contributed by atoms with Crippen molar-refractivity contribution in [2.45, 2.75) is 26.6 Å². The zero-order valence-electron chi connectivity index (χ0n) is 19.6. The number of halogens is 2. The van der Waals surface area contributed by atoms with E-state index in [1.807, 2.05) is 0 Å². The molecule has 0 spiro atoms. The maximum atomic E-state index is 13.3. The lowest BCUT2D eigenvalue weighted by molar-refractivity contribution is -0.0494. The molecule has 1 aliphatic rings. The molecule has 1 amide bonds. The molecule has 192 valence electrons. The minimum Gasteiger partial charge on any atom is -0.490 e. The first-order valence-corrected chi connectivity index (χ1v) is 11.2. The molecule has 5 rings (SSSR count). The lowest BCUT2D eigenvalue weighted by Crippen LogP contribution is -2.19.